The van der Waals surface area contributed by atoms with Gasteiger partial charge in [0.25, 0.3) is 0 Å². The molecule has 0 aliphatic carbocycles. The molecule has 0 fully saturated rings. The molecule has 3 N–H and O–H groups in total. The van der Waals surface area contributed by atoms with E-state index in [0.717, 1.165) is 11.3 Å². The number of hydrogen-bond acceptors (Lipinski definition) is 4. The number of guanidine groups is 1. The number of nitrogens with zero attached hydrogens (tertiary/aromatic N) is 1. The maximum Gasteiger partial charge on any atom is 0.211 e. The minimum atomic E-state index is -3.16. The predicted octanol–water partition coefficient (Wildman–Crippen LogP) is 1.31. The van der Waals surface area contributed by atoms with Gasteiger partial charge in [-0.3, -0.25) is 4.99 Å². The van der Waals surface area contributed by atoms with Crippen LogP contribution in [-0.2, 0) is 16.6 Å². The summed E-state index contributed by atoms with van der Waals surface area (Å²) < 4.78 is 30.7. The summed E-state index contributed by atoms with van der Waals surface area (Å²) in [5, 5.41) is 6.24. The topological polar surface area (TPSA) is 91.8 Å². The highest BCUT2D eigenvalue weighted by molar-refractivity contribution is 14.0. The third-order valence-corrected chi connectivity index (χ3v) is 4.47. The second kappa shape index (κ2) is 12.3. The molecule has 0 atom stereocenters. The van der Waals surface area contributed by atoms with Gasteiger partial charge in [0.2, 0.25) is 10.0 Å². The van der Waals surface area contributed by atoms with Gasteiger partial charge in [0, 0.05) is 32.2 Å². The van der Waals surface area contributed by atoms with Crippen molar-refractivity contribution in [2.45, 2.75) is 20.4 Å². The van der Waals surface area contributed by atoms with Gasteiger partial charge in [-0.05, 0) is 19.9 Å². The van der Waals surface area contributed by atoms with E-state index in [1.165, 1.54) is 0 Å². The van der Waals surface area contributed by atoms with Crippen LogP contribution in [0.4, 0.5) is 0 Å². The molecule has 0 spiro atoms. The molecule has 0 saturated carbocycles. The average molecular weight is 470 g/mol. The fourth-order valence-corrected chi connectivity index (χ4v) is 2.45. The first kappa shape index (κ1) is 22.9. The summed E-state index contributed by atoms with van der Waals surface area (Å²) in [4.78, 5) is 4.11. The molecule has 7 nitrogen and oxygen atoms in total. The summed E-state index contributed by atoms with van der Waals surface area (Å²) in [5.74, 6) is 1.52. The van der Waals surface area contributed by atoms with E-state index in [1.807, 2.05) is 31.2 Å². The average Bonchev–Trinajstić information content (AvgIpc) is 2.55. The van der Waals surface area contributed by atoms with Gasteiger partial charge < -0.3 is 15.4 Å². The number of halogens is 1. The van der Waals surface area contributed by atoms with Crippen molar-refractivity contribution in [1.29, 1.82) is 0 Å². The standard InChI is InChI=1S/C15H26N4O3S.HI/c1-4-22-14-9-7-6-8-13(14)12-18-15(16-3)17-10-11-19-23(20,21)5-2;/h6-9,19H,4-5,10-12H2,1-3H3,(H2,16,17,18);1H. The highest BCUT2D eigenvalue weighted by Gasteiger charge is 2.06. The van der Waals surface area contributed by atoms with Gasteiger partial charge in [-0.2, -0.15) is 0 Å². The number of aliphatic imine (C=N–C) groups is 1. The van der Waals surface area contributed by atoms with E-state index < -0.39 is 10.0 Å². The first-order valence-corrected chi connectivity index (χ1v) is 9.30. The Hall–Kier alpha value is -1.07. The summed E-state index contributed by atoms with van der Waals surface area (Å²) in [6, 6.07) is 7.80. The fourth-order valence-electron chi connectivity index (χ4n) is 1.84. The molecule has 9 heteroatoms. The Bertz CT molecular complexity index is 608. The van der Waals surface area contributed by atoms with Crippen LogP contribution >= 0.6 is 24.0 Å². The van der Waals surface area contributed by atoms with Crippen molar-refractivity contribution in [3.8, 4) is 5.75 Å². The van der Waals surface area contributed by atoms with Crippen molar-refractivity contribution >= 4 is 40.0 Å². The third-order valence-electron chi connectivity index (χ3n) is 3.06. The molecular formula is C15H27IN4O3S. The number of ether oxygens (including phenoxy) is 1. The minimum absolute atomic E-state index is 0. The first-order chi connectivity index (χ1) is 11.0. The molecule has 1 aromatic rings. The van der Waals surface area contributed by atoms with Gasteiger partial charge in [0.05, 0.1) is 12.4 Å². The second-order valence-electron chi connectivity index (χ2n) is 4.69. The molecule has 1 rings (SSSR count). The number of benzene rings is 1. The van der Waals surface area contributed by atoms with Crippen molar-refractivity contribution in [3.63, 3.8) is 0 Å². The van der Waals surface area contributed by atoms with E-state index >= 15 is 0 Å². The molecule has 0 aromatic heterocycles. The van der Waals surface area contributed by atoms with E-state index in [-0.39, 0.29) is 29.7 Å². The van der Waals surface area contributed by atoms with Crippen LogP contribution in [-0.4, -0.2) is 46.9 Å². The maximum absolute atomic E-state index is 11.3. The van der Waals surface area contributed by atoms with Crippen molar-refractivity contribution < 1.29 is 13.2 Å². The first-order valence-electron chi connectivity index (χ1n) is 7.65. The summed E-state index contributed by atoms with van der Waals surface area (Å²) in [5.41, 5.74) is 1.03. The van der Waals surface area contributed by atoms with Crippen LogP contribution in [0.2, 0.25) is 0 Å². The van der Waals surface area contributed by atoms with Crippen LogP contribution in [0, 0.1) is 0 Å². The number of para-hydroxylation sites is 1. The van der Waals surface area contributed by atoms with Crippen molar-refractivity contribution in [1.82, 2.24) is 15.4 Å². The predicted molar refractivity (Wildman–Crippen MR) is 109 cm³/mol. The summed E-state index contributed by atoms with van der Waals surface area (Å²) in [6.45, 7) is 5.49. The molecule has 0 saturated heterocycles. The Kier molecular flexibility index (Phi) is 11.8. The molecule has 24 heavy (non-hydrogen) atoms. The zero-order valence-electron chi connectivity index (χ0n) is 14.3. The van der Waals surface area contributed by atoms with E-state index in [1.54, 1.807) is 14.0 Å². The van der Waals surface area contributed by atoms with Gasteiger partial charge in [-0.25, -0.2) is 13.1 Å². The van der Waals surface area contributed by atoms with Crippen molar-refractivity contribution in [2.24, 2.45) is 4.99 Å². The SMILES string of the molecule is CCOc1ccccc1CNC(=NC)NCCNS(=O)(=O)CC.I. The summed E-state index contributed by atoms with van der Waals surface area (Å²) in [6.07, 6.45) is 0. The lowest BCUT2D eigenvalue weighted by Gasteiger charge is -2.14. The van der Waals surface area contributed by atoms with Crippen LogP contribution in [0.15, 0.2) is 29.3 Å². The molecule has 1 aromatic carbocycles. The quantitative estimate of drug-likeness (QED) is 0.219. The highest BCUT2D eigenvalue weighted by Crippen LogP contribution is 2.17. The number of rotatable bonds is 9. The molecule has 0 heterocycles. The van der Waals surface area contributed by atoms with Gasteiger partial charge in [0.1, 0.15) is 5.75 Å². The maximum atomic E-state index is 11.3. The lowest BCUT2D eigenvalue weighted by atomic mass is 10.2. The lowest BCUT2D eigenvalue weighted by molar-refractivity contribution is 0.336. The molecule has 0 bridgehead atoms. The van der Waals surface area contributed by atoms with Gasteiger partial charge in [-0.1, -0.05) is 18.2 Å². The van der Waals surface area contributed by atoms with Gasteiger partial charge in [-0.15, -0.1) is 24.0 Å². The Labute approximate surface area is 161 Å². The highest BCUT2D eigenvalue weighted by atomic mass is 127. The Morgan fingerprint density at radius 3 is 2.50 bits per heavy atom. The molecule has 0 radical (unpaired) electrons. The zero-order chi connectivity index (χ0) is 17.1. The van der Waals surface area contributed by atoms with Gasteiger partial charge in [0.15, 0.2) is 5.96 Å². The van der Waals surface area contributed by atoms with Gasteiger partial charge >= 0.3 is 0 Å². The molecule has 138 valence electrons. The third kappa shape index (κ3) is 8.69. The van der Waals surface area contributed by atoms with E-state index in [4.69, 9.17) is 4.74 Å². The molecule has 0 aliphatic heterocycles. The zero-order valence-corrected chi connectivity index (χ0v) is 17.5. The number of hydrogen-bond donors (Lipinski definition) is 3. The van der Waals surface area contributed by atoms with E-state index in [9.17, 15) is 8.42 Å². The van der Waals surface area contributed by atoms with Crippen molar-refractivity contribution in [3.05, 3.63) is 29.8 Å². The monoisotopic (exact) mass is 470 g/mol. The lowest BCUT2D eigenvalue weighted by Crippen LogP contribution is -2.41. The van der Waals surface area contributed by atoms with Crippen LogP contribution in [0.5, 0.6) is 5.75 Å². The normalized spacial score (nSPS) is 11.5. The molecule has 0 unspecified atom stereocenters. The van der Waals surface area contributed by atoms with Crippen LogP contribution in [0.25, 0.3) is 0 Å². The van der Waals surface area contributed by atoms with Crippen LogP contribution < -0.4 is 20.1 Å². The summed E-state index contributed by atoms with van der Waals surface area (Å²) in [7, 11) is -1.49. The van der Waals surface area contributed by atoms with E-state index in [0.29, 0.717) is 32.2 Å². The van der Waals surface area contributed by atoms with Crippen LogP contribution in [0.1, 0.15) is 19.4 Å². The molecular weight excluding hydrogens is 443 g/mol. The fraction of sp³-hybridized carbons (Fsp3) is 0.533. The summed E-state index contributed by atoms with van der Waals surface area (Å²) >= 11 is 0. The Morgan fingerprint density at radius 1 is 1.17 bits per heavy atom. The second-order valence-corrected chi connectivity index (χ2v) is 6.79. The minimum Gasteiger partial charge on any atom is -0.494 e. The van der Waals surface area contributed by atoms with E-state index in [2.05, 4.69) is 20.3 Å². The van der Waals surface area contributed by atoms with Crippen LogP contribution in [0.3, 0.4) is 0 Å². The Balaban J connectivity index is 0.00000529. The molecule has 0 aliphatic rings. The molecule has 0 amide bonds. The number of nitrogens with one attached hydrogen (secondary N) is 3. The van der Waals surface area contributed by atoms with Crippen molar-refractivity contribution in [2.75, 3.05) is 32.5 Å². The largest absolute Gasteiger partial charge is 0.494 e. The smallest absolute Gasteiger partial charge is 0.211 e. The Morgan fingerprint density at radius 2 is 1.88 bits per heavy atom. The number of sulfonamides is 1.